The molecule has 3 heteroatoms. The molecule has 1 unspecified atom stereocenters. The number of nitrogens with zero attached hydrogens (tertiary/aromatic N) is 1. The first kappa shape index (κ1) is 18.2. The molecule has 3 rings (SSSR count). The molecule has 2 fully saturated rings. The average molecular weight is 341 g/mol. The van der Waals surface area contributed by atoms with Crippen LogP contribution in [0.2, 0.25) is 0 Å². The number of benzene rings is 1. The average Bonchev–Trinajstić information content (AvgIpc) is 3.06. The number of ketones is 1. The van der Waals surface area contributed by atoms with Gasteiger partial charge in [0.1, 0.15) is 5.78 Å². The van der Waals surface area contributed by atoms with E-state index in [1.54, 1.807) is 0 Å². The quantitative estimate of drug-likeness (QED) is 0.759. The Labute approximate surface area is 151 Å². The maximum atomic E-state index is 12.9. The second kappa shape index (κ2) is 8.16. The fourth-order valence-corrected chi connectivity index (χ4v) is 4.49. The Balaban J connectivity index is 1.57. The van der Waals surface area contributed by atoms with Gasteiger partial charge in [0.05, 0.1) is 0 Å². The second-order valence-corrected chi connectivity index (χ2v) is 8.13. The molecule has 1 aromatic rings. The lowest BCUT2D eigenvalue weighted by Gasteiger charge is -2.32. The number of hydrogen-bond donors (Lipinski definition) is 0. The van der Waals surface area contributed by atoms with Crippen molar-refractivity contribution < 1.29 is 9.59 Å². The molecule has 1 heterocycles. The molecule has 1 aliphatic heterocycles. The molecule has 3 nitrogen and oxygen atoms in total. The first-order chi connectivity index (χ1) is 12.0. The molecule has 0 aromatic heterocycles. The lowest BCUT2D eigenvalue weighted by molar-refractivity contribution is -0.141. The maximum Gasteiger partial charge on any atom is 0.226 e. The topological polar surface area (TPSA) is 37.4 Å². The maximum absolute atomic E-state index is 12.9. The van der Waals surface area contributed by atoms with Crippen LogP contribution in [-0.4, -0.2) is 23.1 Å². The number of amides is 1. The summed E-state index contributed by atoms with van der Waals surface area (Å²) in [5.74, 6) is 0.982. The fraction of sp³-hybridized carbons (Fsp3) is 0.636. The lowest BCUT2D eigenvalue weighted by atomic mass is 9.88. The summed E-state index contributed by atoms with van der Waals surface area (Å²) in [4.78, 5) is 27.2. The standard InChI is InChI=1S/C22H31NO2/c1-16-9-10-20(17(2)12-16)15-23-11-5-8-19(22(23)25)14-21(24)13-18-6-3-4-7-18/h9-10,12,18-19H,3-8,11,13-15H2,1-2H3. The summed E-state index contributed by atoms with van der Waals surface area (Å²) < 4.78 is 0. The Morgan fingerprint density at radius 3 is 2.56 bits per heavy atom. The number of carbonyl (C=O) groups is 2. The van der Waals surface area contributed by atoms with Crippen LogP contribution in [0.5, 0.6) is 0 Å². The molecule has 0 spiro atoms. The van der Waals surface area contributed by atoms with E-state index in [9.17, 15) is 9.59 Å². The van der Waals surface area contributed by atoms with Crippen molar-refractivity contribution in [2.45, 2.75) is 71.8 Å². The van der Waals surface area contributed by atoms with E-state index in [0.717, 1.165) is 19.4 Å². The van der Waals surface area contributed by atoms with Gasteiger partial charge in [-0.2, -0.15) is 0 Å². The minimum Gasteiger partial charge on any atom is -0.338 e. The molecule has 136 valence electrons. The van der Waals surface area contributed by atoms with Crippen molar-refractivity contribution in [1.82, 2.24) is 4.90 Å². The largest absolute Gasteiger partial charge is 0.338 e. The van der Waals surface area contributed by atoms with E-state index < -0.39 is 0 Å². The fourth-order valence-electron chi connectivity index (χ4n) is 4.49. The van der Waals surface area contributed by atoms with E-state index in [2.05, 4.69) is 32.0 Å². The molecule has 1 atom stereocenters. The molecular weight excluding hydrogens is 310 g/mol. The van der Waals surface area contributed by atoms with Crippen LogP contribution < -0.4 is 0 Å². The van der Waals surface area contributed by atoms with Gasteiger partial charge in [-0.1, -0.05) is 49.4 Å². The minimum absolute atomic E-state index is 0.0894. The minimum atomic E-state index is -0.0894. The Morgan fingerprint density at radius 2 is 1.84 bits per heavy atom. The van der Waals surface area contributed by atoms with Gasteiger partial charge in [-0.25, -0.2) is 0 Å². The number of carbonyl (C=O) groups excluding carboxylic acids is 2. The molecule has 1 aromatic carbocycles. The smallest absolute Gasteiger partial charge is 0.226 e. The third-order valence-electron chi connectivity index (χ3n) is 5.97. The number of rotatable bonds is 6. The number of piperidine rings is 1. The van der Waals surface area contributed by atoms with Crippen LogP contribution in [0.4, 0.5) is 0 Å². The van der Waals surface area contributed by atoms with Crippen molar-refractivity contribution in [3.8, 4) is 0 Å². The van der Waals surface area contributed by atoms with E-state index in [1.165, 1.54) is 42.4 Å². The van der Waals surface area contributed by atoms with Gasteiger partial charge >= 0.3 is 0 Å². The van der Waals surface area contributed by atoms with Crippen molar-refractivity contribution in [3.05, 3.63) is 34.9 Å². The van der Waals surface area contributed by atoms with E-state index >= 15 is 0 Å². The highest BCUT2D eigenvalue weighted by Crippen LogP contribution is 2.30. The highest BCUT2D eigenvalue weighted by Gasteiger charge is 2.31. The van der Waals surface area contributed by atoms with Crippen molar-refractivity contribution in [2.75, 3.05) is 6.54 Å². The van der Waals surface area contributed by atoms with Gasteiger partial charge in [0, 0.05) is 31.8 Å². The summed E-state index contributed by atoms with van der Waals surface area (Å²) in [6.07, 6.45) is 7.97. The van der Waals surface area contributed by atoms with Crippen molar-refractivity contribution >= 4 is 11.7 Å². The van der Waals surface area contributed by atoms with Gasteiger partial charge in [-0.15, -0.1) is 0 Å². The molecule has 25 heavy (non-hydrogen) atoms. The predicted molar refractivity (Wildman–Crippen MR) is 100 cm³/mol. The van der Waals surface area contributed by atoms with E-state index in [-0.39, 0.29) is 11.8 Å². The summed E-state index contributed by atoms with van der Waals surface area (Å²) >= 11 is 0. The third kappa shape index (κ3) is 4.71. The van der Waals surface area contributed by atoms with Gasteiger partial charge in [0.25, 0.3) is 0 Å². The SMILES string of the molecule is Cc1ccc(CN2CCCC(CC(=O)CC3CCCC3)C2=O)c(C)c1. The number of Topliss-reactive ketones (excluding diaryl/α,β-unsaturated/α-hetero) is 1. The zero-order valence-electron chi connectivity index (χ0n) is 15.7. The first-order valence-electron chi connectivity index (χ1n) is 9.89. The molecule has 1 saturated heterocycles. The highest BCUT2D eigenvalue weighted by molar-refractivity contribution is 5.87. The van der Waals surface area contributed by atoms with Crippen LogP contribution in [-0.2, 0) is 16.1 Å². The second-order valence-electron chi connectivity index (χ2n) is 8.13. The van der Waals surface area contributed by atoms with Crippen LogP contribution in [0.15, 0.2) is 18.2 Å². The molecular formula is C22H31NO2. The van der Waals surface area contributed by atoms with Crippen molar-refractivity contribution in [1.29, 1.82) is 0 Å². The van der Waals surface area contributed by atoms with Crippen LogP contribution in [0.25, 0.3) is 0 Å². The van der Waals surface area contributed by atoms with Crippen LogP contribution >= 0.6 is 0 Å². The van der Waals surface area contributed by atoms with Gasteiger partial charge < -0.3 is 4.90 Å². The predicted octanol–water partition coefficient (Wildman–Crippen LogP) is 4.58. The number of aryl methyl sites for hydroxylation is 2. The number of hydrogen-bond acceptors (Lipinski definition) is 2. The summed E-state index contributed by atoms with van der Waals surface area (Å²) in [6.45, 7) is 5.70. The molecule has 2 aliphatic rings. The van der Waals surface area contributed by atoms with Crippen molar-refractivity contribution in [3.63, 3.8) is 0 Å². The lowest BCUT2D eigenvalue weighted by Crippen LogP contribution is -2.41. The van der Waals surface area contributed by atoms with E-state index in [4.69, 9.17) is 0 Å². The normalized spacial score (nSPS) is 21.8. The summed E-state index contributed by atoms with van der Waals surface area (Å²) in [6, 6.07) is 6.42. The zero-order valence-corrected chi connectivity index (χ0v) is 15.7. The van der Waals surface area contributed by atoms with Crippen molar-refractivity contribution in [2.24, 2.45) is 11.8 Å². The molecule has 1 saturated carbocycles. The Hall–Kier alpha value is -1.64. The number of likely N-dealkylation sites (tertiary alicyclic amines) is 1. The molecule has 0 radical (unpaired) electrons. The first-order valence-corrected chi connectivity index (χ1v) is 9.89. The van der Waals surface area contributed by atoms with Crippen LogP contribution in [0, 0.1) is 25.7 Å². The molecule has 1 aliphatic carbocycles. The summed E-state index contributed by atoms with van der Waals surface area (Å²) in [5.41, 5.74) is 3.71. The van der Waals surface area contributed by atoms with Crippen LogP contribution in [0.3, 0.4) is 0 Å². The van der Waals surface area contributed by atoms with E-state index in [1.807, 2.05) is 4.90 Å². The monoisotopic (exact) mass is 341 g/mol. The zero-order chi connectivity index (χ0) is 17.8. The third-order valence-corrected chi connectivity index (χ3v) is 5.97. The van der Waals surface area contributed by atoms with Gasteiger partial charge in [0.2, 0.25) is 5.91 Å². The molecule has 0 bridgehead atoms. The Bertz CT molecular complexity index is 631. The molecule has 1 amide bonds. The Morgan fingerprint density at radius 1 is 1.08 bits per heavy atom. The molecule has 0 N–H and O–H groups in total. The van der Waals surface area contributed by atoms with Gasteiger partial charge in [-0.05, 0) is 43.7 Å². The summed E-state index contributed by atoms with van der Waals surface area (Å²) in [7, 11) is 0. The Kier molecular flexibility index (Phi) is 5.93. The van der Waals surface area contributed by atoms with Crippen LogP contribution in [0.1, 0.15) is 68.1 Å². The van der Waals surface area contributed by atoms with Gasteiger partial charge in [0.15, 0.2) is 0 Å². The highest BCUT2D eigenvalue weighted by atomic mass is 16.2. The summed E-state index contributed by atoms with van der Waals surface area (Å²) in [5, 5.41) is 0. The van der Waals surface area contributed by atoms with E-state index in [0.29, 0.717) is 31.1 Å². The van der Waals surface area contributed by atoms with Gasteiger partial charge in [-0.3, -0.25) is 9.59 Å².